The van der Waals surface area contributed by atoms with E-state index in [4.69, 9.17) is 16.3 Å². The predicted octanol–water partition coefficient (Wildman–Crippen LogP) is 4.22. The first-order valence-electron chi connectivity index (χ1n) is 6.10. The van der Waals surface area contributed by atoms with Crippen LogP contribution in [-0.2, 0) is 4.79 Å². The van der Waals surface area contributed by atoms with Crippen molar-refractivity contribution < 1.29 is 13.9 Å². The lowest BCUT2D eigenvalue weighted by molar-refractivity contribution is -0.118. The van der Waals surface area contributed by atoms with Crippen molar-refractivity contribution in [3.05, 3.63) is 53.3 Å². The average Bonchev–Trinajstić information content (AvgIpc) is 2.46. The van der Waals surface area contributed by atoms with Gasteiger partial charge in [0, 0.05) is 10.6 Å². The van der Waals surface area contributed by atoms with Gasteiger partial charge < -0.3 is 10.1 Å². The van der Waals surface area contributed by atoms with Gasteiger partial charge >= 0.3 is 0 Å². The Morgan fingerprint density at radius 1 is 1.33 bits per heavy atom. The molecule has 3 nitrogen and oxygen atoms in total. The maximum atomic E-state index is 12.9. The minimum Gasteiger partial charge on any atom is -0.482 e. The SMILES string of the molecule is CSc1cccc(NC(=O)COc2ccc(F)cc2Cl)c1. The van der Waals surface area contributed by atoms with E-state index in [0.717, 1.165) is 11.0 Å². The van der Waals surface area contributed by atoms with Crippen LogP contribution in [-0.4, -0.2) is 18.8 Å². The summed E-state index contributed by atoms with van der Waals surface area (Å²) in [4.78, 5) is 12.9. The van der Waals surface area contributed by atoms with E-state index in [1.54, 1.807) is 17.8 Å². The van der Waals surface area contributed by atoms with Crippen molar-refractivity contribution in [2.75, 3.05) is 18.2 Å². The molecule has 0 unspecified atom stereocenters. The van der Waals surface area contributed by atoms with Crippen molar-refractivity contribution in [1.82, 2.24) is 0 Å². The highest BCUT2D eigenvalue weighted by molar-refractivity contribution is 7.98. The molecule has 2 aromatic rings. The maximum absolute atomic E-state index is 12.9. The smallest absolute Gasteiger partial charge is 0.262 e. The van der Waals surface area contributed by atoms with Crippen molar-refractivity contribution in [1.29, 1.82) is 0 Å². The number of ether oxygens (including phenoxy) is 1. The van der Waals surface area contributed by atoms with E-state index in [-0.39, 0.29) is 23.3 Å². The summed E-state index contributed by atoms with van der Waals surface area (Å²) in [7, 11) is 0. The molecule has 2 aromatic carbocycles. The zero-order valence-corrected chi connectivity index (χ0v) is 12.8. The number of nitrogens with one attached hydrogen (secondary N) is 1. The molecule has 0 aliphatic rings. The molecule has 1 amide bonds. The quantitative estimate of drug-likeness (QED) is 0.836. The van der Waals surface area contributed by atoms with Crippen molar-refractivity contribution >= 4 is 35.0 Å². The highest BCUT2D eigenvalue weighted by Gasteiger charge is 2.07. The maximum Gasteiger partial charge on any atom is 0.262 e. The molecular formula is C15H13ClFNO2S. The molecule has 0 heterocycles. The van der Waals surface area contributed by atoms with Crippen LogP contribution in [0.2, 0.25) is 5.02 Å². The van der Waals surface area contributed by atoms with E-state index in [1.807, 2.05) is 24.5 Å². The number of thioether (sulfide) groups is 1. The molecule has 0 radical (unpaired) electrons. The third kappa shape index (κ3) is 4.65. The van der Waals surface area contributed by atoms with Crippen LogP contribution in [0.3, 0.4) is 0 Å². The van der Waals surface area contributed by atoms with Crippen LogP contribution in [0.5, 0.6) is 5.75 Å². The third-order valence-corrected chi connectivity index (χ3v) is 3.63. The van der Waals surface area contributed by atoms with Gasteiger partial charge in [-0.2, -0.15) is 0 Å². The minimum atomic E-state index is -0.453. The second-order valence-electron chi connectivity index (χ2n) is 4.14. The lowest BCUT2D eigenvalue weighted by atomic mass is 10.3. The molecule has 2 rings (SSSR count). The molecule has 0 bridgehead atoms. The number of hydrogen-bond acceptors (Lipinski definition) is 3. The molecule has 110 valence electrons. The monoisotopic (exact) mass is 325 g/mol. The molecule has 1 N–H and O–H groups in total. The van der Waals surface area contributed by atoms with Gasteiger partial charge in [0.15, 0.2) is 6.61 Å². The molecular weight excluding hydrogens is 313 g/mol. The predicted molar refractivity (Wildman–Crippen MR) is 83.8 cm³/mol. The van der Waals surface area contributed by atoms with Crippen molar-refractivity contribution in [2.24, 2.45) is 0 Å². The van der Waals surface area contributed by atoms with Crippen LogP contribution in [0.4, 0.5) is 10.1 Å². The van der Waals surface area contributed by atoms with E-state index in [9.17, 15) is 9.18 Å². The fraction of sp³-hybridized carbons (Fsp3) is 0.133. The lowest BCUT2D eigenvalue weighted by Gasteiger charge is -2.09. The minimum absolute atomic E-state index is 0.132. The average molecular weight is 326 g/mol. The summed E-state index contributed by atoms with van der Waals surface area (Å²) in [5.41, 5.74) is 0.695. The fourth-order valence-electron chi connectivity index (χ4n) is 1.63. The highest BCUT2D eigenvalue weighted by atomic mass is 35.5. The Labute approximate surface area is 131 Å². The molecule has 0 aliphatic carbocycles. The Morgan fingerprint density at radius 3 is 2.86 bits per heavy atom. The molecule has 0 saturated carbocycles. The van der Waals surface area contributed by atoms with Gasteiger partial charge in [0.2, 0.25) is 0 Å². The summed E-state index contributed by atoms with van der Waals surface area (Å²) in [6.45, 7) is -0.200. The number of hydrogen-bond donors (Lipinski definition) is 1. The summed E-state index contributed by atoms with van der Waals surface area (Å²) >= 11 is 7.40. The number of carbonyl (C=O) groups is 1. The van der Waals surface area contributed by atoms with Crippen molar-refractivity contribution in [3.63, 3.8) is 0 Å². The van der Waals surface area contributed by atoms with Crippen LogP contribution in [0, 0.1) is 5.82 Å². The Balaban J connectivity index is 1.92. The fourth-order valence-corrected chi connectivity index (χ4v) is 2.31. The summed E-state index contributed by atoms with van der Waals surface area (Å²) in [6, 6.07) is 11.2. The summed E-state index contributed by atoms with van der Waals surface area (Å²) in [5, 5.41) is 2.85. The summed E-state index contributed by atoms with van der Waals surface area (Å²) < 4.78 is 18.2. The zero-order valence-electron chi connectivity index (χ0n) is 11.2. The van der Waals surface area contributed by atoms with Gasteiger partial charge in [-0.05, 0) is 42.7 Å². The van der Waals surface area contributed by atoms with Crippen LogP contribution in [0.1, 0.15) is 0 Å². The lowest BCUT2D eigenvalue weighted by Crippen LogP contribution is -2.20. The van der Waals surface area contributed by atoms with Gasteiger partial charge in [-0.15, -0.1) is 11.8 Å². The van der Waals surface area contributed by atoms with Gasteiger partial charge in [-0.1, -0.05) is 17.7 Å². The Kier molecular flexibility index (Phi) is 5.47. The molecule has 0 atom stereocenters. The first-order valence-corrected chi connectivity index (χ1v) is 7.70. The van der Waals surface area contributed by atoms with Gasteiger partial charge in [-0.25, -0.2) is 4.39 Å². The van der Waals surface area contributed by atoms with Gasteiger partial charge in [0.05, 0.1) is 5.02 Å². The number of halogens is 2. The molecule has 0 aromatic heterocycles. The van der Waals surface area contributed by atoms with E-state index >= 15 is 0 Å². The van der Waals surface area contributed by atoms with Crippen molar-refractivity contribution in [3.8, 4) is 5.75 Å². The molecule has 0 saturated heterocycles. The van der Waals surface area contributed by atoms with Gasteiger partial charge in [0.1, 0.15) is 11.6 Å². The number of benzene rings is 2. The van der Waals surface area contributed by atoms with Crippen LogP contribution < -0.4 is 10.1 Å². The Morgan fingerprint density at radius 2 is 2.14 bits per heavy atom. The van der Waals surface area contributed by atoms with E-state index in [1.165, 1.54) is 12.1 Å². The molecule has 0 spiro atoms. The number of anilines is 1. The van der Waals surface area contributed by atoms with Gasteiger partial charge in [0.25, 0.3) is 5.91 Å². The Hall–Kier alpha value is -1.72. The normalized spacial score (nSPS) is 10.2. The Bertz CT molecular complexity index is 651. The second-order valence-corrected chi connectivity index (χ2v) is 5.43. The topological polar surface area (TPSA) is 38.3 Å². The number of carbonyl (C=O) groups excluding carboxylic acids is 1. The van der Waals surface area contributed by atoms with Crippen LogP contribution in [0.25, 0.3) is 0 Å². The summed E-state index contributed by atoms with van der Waals surface area (Å²) in [5.74, 6) is -0.495. The second kappa shape index (κ2) is 7.33. The first kappa shape index (κ1) is 15.7. The first-order chi connectivity index (χ1) is 10.1. The molecule has 0 aliphatic heterocycles. The third-order valence-electron chi connectivity index (χ3n) is 2.61. The van der Waals surface area contributed by atoms with Crippen molar-refractivity contribution in [2.45, 2.75) is 4.90 Å². The molecule has 6 heteroatoms. The summed E-state index contributed by atoms with van der Waals surface area (Å²) in [6.07, 6.45) is 1.96. The highest BCUT2D eigenvalue weighted by Crippen LogP contribution is 2.25. The largest absolute Gasteiger partial charge is 0.482 e. The molecule has 0 fully saturated rings. The standard InChI is InChI=1S/C15H13ClFNO2S/c1-21-12-4-2-3-11(8-12)18-15(19)9-20-14-6-5-10(17)7-13(14)16/h2-8H,9H2,1H3,(H,18,19). The number of amides is 1. The van der Waals surface area contributed by atoms with Gasteiger partial charge in [-0.3, -0.25) is 4.79 Å². The zero-order chi connectivity index (χ0) is 15.2. The van der Waals surface area contributed by atoms with E-state index in [2.05, 4.69) is 5.32 Å². The molecule has 21 heavy (non-hydrogen) atoms. The van der Waals surface area contributed by atoms with Crippen LogP contribution >= 0.6 is 23.4 Å². The number of rotatable bonds is 5. The van der Waals surface area contributed by atoms with E-state index < -0.39 is 5.82 Å². The van der Waals surface area contributed by atoms with Crippen LogP contribution in [0.15, 0.2) is 47.4 Å². The van der Waals surface area contributed by atoms with E-state index in [0.29, 0.717) is 5.69 Å².